The molecule has 0 saturated heterocycles. The zero-order chi connectivity index (χ0) is 22.1. The van der Waals surface area contributed by atoms with E-state index >= 15 is 0 Å². The maximum atomic E-state index is 12.6. The molecule has 7 heteroatoms. The quantitative estimate of drug-likeness (QED) is 0.522. The second kappa shape index (κ2) is 8.67. The third-order valence-corrected chi connectivity index (χ3v) is 6.40. The number of rotatable bonds is 5. The predicted octanol–water partition coefficient (Wildman–Crippen LogP) is 3.87. The Kier molecular flexibility index (Phi) is 5.57. The van der Waals surface area contributed by atoms with Crippen LogP contribution in [-0.4, -0.2) is 30.6 Å². The van der Waals surface area contributed by atoms with Gasteiger partial charge in [0, 0.05) is 35.9 Å². The van der Waals surface area contributed by atoms with Crippen molar-refractivity contribution in [3.8, 4) is 5.82 Å². The van der Waals surface area contributed by atoms with Crippen LogP contribution in [0.3, 0.4) is 0 Å². The molecule has 0 unspecified atom stereocenters. The number of hydrogen-bond acceptors (Lipinski definition) is 5. The molecule has 32 heavy (non-hydrogen) atoms. The fraction of sp³-hybridized carbons (Fsp3) is 0.360. The van der Waals surface area contributed by atoms with Gasteiger partial charge in [0.1, 0.15) is 0 Å². The Morgan fingerprint density at radius 2 is 1.81 bits per heavy atom. The molecule has 1 aliphatic carbocycles. The molecular formula is C25H28N6O. The lowest BCUT2D eigenvalue weighted by Crippen LogP contribution is -2.36. The number of aromatic nitrogens is 5. The maximum absolute atomic E-state index is 12.6. The van der Waals surface area contributed by atoms with E-state index in [2.05, 4.69) is 44.8 Å². The Morgan fingerprint density at radius 1 is 1.00 bits per heavy atom. The molecule has 0 atom stereocenters. The molecule has 1 aliphatic rings. The highest BCUT2D eigenvalue weighted by molar-refractivity contribution is 5.81. The van der Waals surface area contributed by atoms with E-state index in [1.807, 2.05) is 32.2 Å². The molecule has 1 N–H and O–H groups in total. The van der Waals surface area contributed by atoms with Gasteiger partial charge in [-0.25, -0.2) is 9.36 Å². The minimum Gasteiger partial charge on any atom is -0.310 e. The highest BCUT2D eigenvalue weighted by Crippen LogP contribution is 2.28. The van der Waals surface area contributed by atoms with Gasteiger partial charge in [-0.15, -0.1) is 5.10 Å². The Labute approximate surface area is 187 Å². The SMILES string of the molecule is Cc1cc(C)n(-c2ccc(=O)n(C3CCC(NCc4ccnc5ccccc45)CC3)n2)n1. The minimum absolute atomic E-state index is 0.0463. The smallest absolute Gasteiger partial charge is 0.267 e. The summed E-state index contributed by atoms with van der Waals surface area (Å²) in [5, 5.41) is 14.1. The van der Waals surface area contributed by atoms with Crippen LogP contribution in [0.15, 0.2) is 59.5 Å². The normalized spacial score (nSPS) is 18.8. The van der Waals surface area contributed by atoms with Crippen LogP contribution in [0.2, 0.25) is 0 Å². The first kappa shape index (κ1) is 20.6. The highest BCUT2D eigenvalue weighted by atomic mass is 16.1. The van der Waals surface area contributed by atoms with Crippen LogP contribution in [0.5, 0.6) is 0 Å². The molecule has 1 aromatic carbocycles. The summed E-state index contributed by atoms with van der Waals surface area (Å²) in [6.45, 7) is 4.78. The summed E-state index contributed by atoms with van der Waals surface area (Å²) in [4.78, 5) is 17.0. The monoisotopic (exact) mass is 428 g/mol. The van der Waals surface area contributed by atoms with E-state index < -0.39 is 0 Å². The van der Waals surface area contributed by atoms with Crippen LogP contribution in [-0.2, 0) is 6.54 Å². The van der Waals surface area contributed by atoms with Crippen LogP contribution in [0.1, 0.15) is 48.7 Å². The van der Waals surface area contributed by atoms with E-state index in [4.69, 9.17) is 0 Å². The standard InChI is InChI=1S/C25H28N6O/c1-17-15-18(2)30(28-17)24-11-12-25(32)31(29-24)21-9-7-20(8-10-21)27-16-19-13-14-26-23-6-4-3-5-22(19)23/h3-6,11-15,20-21,27H,7-10,16H2,1-2H3. The van der Waals surface area contributed by atoms with Crippen molar-refractivity contribution in [1.29, 1.82) is 0 Å². The number of para-hydroxylation sites is 1. The summed E-state index contributed by atoms with van der Waals surface area (Å²) in [6.07, 6.45) is 5.78. The lowest BCUT2D eigenvalue weighted by Gasteiger charge is -2.30. The van der Waals surface area contributed by atoms with Crippen molar-refractivity contribution in [2.24, 2.45) is 0 Å². The predicted molar refractivity (Wildman–Crippen MR) is 125 cm³/mol. The van der Waals surface area contributed by atoms with Crippen LogP contribution in [0, 0.1) is 13.8 Å². The Hall–Kier alpha value is -3.32. The molecule has 0 spiro atoms. The Balaban J connectivity index is 1.25. The van der Waals surface area contributed by atoms with Gasteiger partial charge in [-0.05, 0) is 69.4 Å². The molecule has 3 heterocycles. The zero-order valence-electron chi connectivity index (χ0n) is 18.5. The minimum atomic E-state index is -0.0463. The first-order valence-corrected chi connectivity index (χ1v) is 11.3. The van der Waals surface area contributed by atoms with Crippen LogP contribution in [0.25, 0.3) is 16.7 Å². The van der Waals surface area contributed by atoms with Crippen molar-refractivity contribution in [3.63, 3.8) is 0 Å². The highest BCUT2D eigenvalue weighted by Gasteiger charge is 2.24. The van der Waals surface area contributed by atoms with Crippen LogP contribution >= 0.6 is 0 Å². The molecule has 0 bridgehead atoms. The topological polar surface area (TPSA) is 77.6 Å². The molecule has 164 valence electrons. The van der Waals surface area contributed by atoms with Crippen molar-refractivity contribution >= 4 is 10.9 Å². The number of benzene rings is 1. The van der Waals surface area contributed by atoms with Gasteiger partial charge in [0.15, 0.2) is 5.82 Å². The first-order valence-electron chi connectivity index (χ1n) is 11.3. The third kappa shape index (κ3) is 4.08. The number of aryl methyl sites for hydroxylation is 2. The van der Waals surface area contributed by atoms with Crippen molar-refractivity contribution in [2.45, 2.75) is 58.2 Å². The maximum Gasteiger partial charge on any atom is 0.267 e. The number of hydrogen-bond donors (Lipinski definition) is 1. The second-order valence-electron chi connectivity index (χ2n) is 8.69. The van der Waals surface area contributed by atoms with Crippen molar-refractivity contribution in [1.82, 2.24) is 29.9 Å². The van der Waals surface area contributed by atoms with E-state index in [0.29, 0.717) is 11.9 Å². The number of pyridine rings is 1. The summed E-state index contributed by atoms with van der Waals surface area (Å²) < 4.78 is 3.47. The van der Waals surface area contributed by atoms with E-state index in [1.54, 1.807) is 21.5 Å². The second-order valence-corrected chi connectivity index (χ2v) is 8.69. The molecule has 1 saturated carbocycles. The lowest BCUT2D eigenvalue weighted by atomic mass is 9.91. The average Bonchev–Trinajstić information content (AvgIpc) is 3.16. The molecule has 5 rings (SSSR count). The van der Waals surface area contributed by atoms with Gasteiger partial charge in [-0.3, -0.25) is 9.78 Å². The van der Waals surface area contributed by atoms with Gasteiger partial charge in [0.25, 0.3) is 5.56 Å². The van der Waals surface area contributed by atoms with E-state index in [1.165, 1.54) is 10.9 Å². The average molecular weight is 429 g/mol. The number of nitrogens with one attached hydrogen (secondary N) is 1. The van der Waals surface area contributed by atoms with Crippen molar-refractivity contribution in [3.05, 3.63) is 82.0 Å². The fourth-order valence-corrected chi connectivity index (χ4v) is 4.74. The molecule has 7 nitrogen and oxygen atoms in total. The van der Waals surface area contributed by atoms with Gasteiger partial charge in [0.05, 0.1) is 17.3 Å². The summed E-state index contributed by atoms with van der Waals surface area (Å²) in [7, 11) is 0. The van der Waals surface area contributed by atoms with Gasteiger partial charge in [0.2, 0.25) is 0 Å². The lowest BCUT2D eigenvalue weighted by molar-refractivity contribution is 0.268. The number of fused-ring (bicyclic) bond motifs is 1. The van der Waals surface area contributed by atoms with Crippen LogP contribution < -0.4 is 10.9 Å². The molecule has 0 aliphatic heterocycles. The summed E-state index contributed by atoms with van der Waals surface area (Å²) in [5.74, 6) is 0.694. The molecule has 1 fully saturated rings. The summed E-state index contributed by atoms with van der Waals surface area (Å²) in [6, 6.07) is 16.3. The molecule has 0 amide bonds. The summed E-state index contributed by atoms with van der Waals surface area (Å²) >= 11 is 0. The first-order chi connectivity index (χ1) is 15.6. The molecule has 4 aromatic rings. The number of nitrogens with zero attached hydrogens (tertiary/aromatic N) is 5. The Bertz CT molecular complexity index is 1290. The molecule has 0 radical (unpaired) electrons. The van der Waals surface area contributed by atoms with Gasteiger partial charge >= 0.3 is 0 Å². The van der Waals surface area contributed by atoms with Crippen molar-refractivity contribution < 1.29 is 0 Å². The largest absolute Gasteiger partial charge is 0.310 e. The van der Waals surface area contributed by atoms with Gasteiger partial charge in [-0.1, -0.05) is 18.2 Å². The fourth-order valence-electron chi connectivity index (χ4n) is 4.74. The zero-order valence-corrected chi connectivity index (χ0v) is 18.5. The summed E-state index contributed by atoms with van der Waals surface area (Å²) in [5.41, 5.74) is 4.21. The van der Waals surface area contributed by atoms with E-state index in [9.17, 15) is 4.79 Å². The van der Waals surface area contributed by atoms with E-state index in [-0.39, 0.29) is 11.6 Å². The van der Waals surface area contributed by atoms with Gasteiger partial charge in [-0.2, -0.15) is 5.10 Å². The molecular weight excluding hydrogens is 400 g/mol. The van der Waals surface area contributed by atoms with Crippen LogP contribution in [0.4, 0.5) is 0 Å². The Morgan fingerprint density at radius 3 is 2.59 bits per heavy atom. The molecule has 3 aromatic heterocycles. The van der Waals surface area contributed by atoms with Gasteiger partial charge < -0.3 is 5.32 Å². The van der Waals surface area contributed by atoms with E-state index in [0.717, 1.165) is 49.1 Å². The third-order valence-electron chi connectivity index (χ3n) is 6.40. The van der Waals surface area contributed by atoms with Crippen molar-refractivity contribution in [2.75, 3.05) is 0 Å².